The largest absolute Gasteiger partial charge is 0.496 e. The van der Waals surface area contributed by atoms with Crippen LogP contribution in [-0.4, -0.2) is 102 Å². The van der Waals surface area contributed by atoms with Gasteiger partial charge in [0.1, 0.15) is 29.3 Å². The van der Waals surface area contributed by atoms with Crippen molar-refractivity contribution < 1.29 is 47.9 Å². The highest BCUT2D eigenvalue weighted by molar-refractivity contribution is 5.97. The van der Waals surface area contributed by atoms with Gasteiger partial charge in [0, 0.05) is 18.7 Å². The summed E-state index contributed by atoms with van der Waals surface area (Å²) in [5.41, 5.74) is 0.881. The first kappa shape index (κ1) is 39.1. The molecule has 1 aromatic heterocycles. The quantitative estimate of drug-likeness (QED) is 0.253. The summed E-state index contributed by atoms with van der Waals surface area (Å²) in [6.45, 7) is 6.02. The van der Waals surface area contributed by atoms with E-state index in [0.717, 1.165) is 0 Å². The Balaban J connectivity index is 1.68. The van der Waals surface area contributed by atoms with Gasteiger partial charge in [-0.15, -0.1) is 0 Å². The Morgan fingerprint density at radius 3 is 2.33 bits per heavy atom. The molecule has 2 heterocycles. The summed E-state index contributed by atoms with van der Waals surface area (Å²) in [4.78, 5) is 68.1. The SMILES string of the molecule is COc1ccc2cc1Oc1cccc(OC)c1CNC(=O)[C@@H](C(C)C)NC(=O)[C@H]([C@@H](C)O)NC(=O)CN(C(=O)c1nonc1C)CCCCNC2=O. The Morgan fingerprint density at radius 1 is 0.923 bits per heavy atom. The van der Waals surface area contributed by atoms with Crippen LogP contribution in [0.15, 0.2) is 41.0 Å². The number of aliphatic hydroxyl groups excluding tert-OH is 1. The Bertz CT molecular complexity index is 1760. The van der Waals surface area contributed by atoms with Crippen LogP contribution in [0.1, 0.15) is 65.7 Å². The van der Waals surface area contributed by atoms with Crippen LogP contribution in [0.5, 0.6) is 23.0 Å². The lowest BCUT2D eigenvalue weighted by atomic mass is 10.0. The van der Waals surface area contributed by atoms with Gasteiger partial charge < -0.3 is 45.5 Å². The number of methoxy groups -OCH3 is 2. The summed E-state index contributed by atoms with van der Waals surface area (Å²) in [5.74, 6) is -2.26. The number of fused-ring (bicyclic) bond motifs is 3. The predicted octanol–water partition coefficient (Wildman–Crippen LogP) is 1.48. The highest BCUT2D eigenvalue weighted by Crippen LogP contribution is 2.37. The van der Waals surface area contributed by atoms with E-state index in [1.54, 1.807) is 44.2 Å². The van der Waals surface area contributed by atoms with Crippen molar-refractivity contribution in [3.05, 3.63) is 58.9 Å². The third-order valence-corrected chi connectivity index (χ3v) is 8.34. The second-order valence-corrected chi connectivity index (χ2v) is 12.5. The van der Waals surface area contributed by atoms with Crippen molar-refractivity contribution >= 4 is 29.5 Å². The molecule has 17 nitrogen and oxygen atoms in total. The lowest BCUT2D eigenvalue weighted by molar-refractivity contribution is -0.135. The van der Waals surface area contributed by atoms with Gasteiger partial charge in [0.2, 0.25) is 17.7 Å². The number of hydrogen-bond donors (Lipinski definition) is 5. The number of carbonyl (C=O) groups is 5. The number of aliphatic hydroxyl groups is 1. The summed E-state index contributed by atoms with van der Waals surface area (Å²) in [7, 11) is 2.93. The second kappa shape index (κ2) is 18.0. The molecule has 0 unspecified atom stereocenters. The van der Waals surface area contributed by atoms with Gasteiger partial charge in [0.05, 0.1) is 39.0 Å². The van der Waals surface area contributed by atoms with Crippen LogP contribution in [0, 0.1) is 12.8 Å². The van der Waals surface area contributed by atoms with Crippen molar-refractivity contribution in [1.82, 2.24) is 36.5 Å². The van der Waals surface area contributed by atoms with Crippen molar-refractivity contribution in [2.24, 2.45) is 5.92 Å². The van der Waals surface area contributed by atoms with Gasteiger partial charge in [-0.25, -0.2) is 4.63 Å². The van der Waals surface area contributed by atoms with E-state index < -0.39 is 54.3 Å². The number of carbonyl (C=O) groups excluding carboxylic acids is 5. The number of aromatic nitrogens is 2. The van der Waals surface area contributed by atoms with Crippen molar-refractivity contribution in [3.63, 3.8) is 0 Å². The molecule has 0 spiro atoms. The minimum Gasteiger partial charge on any atom is -0.496 e. The molecule has 17 heteroatoms. The molecule has 0 radical (unpaired) electrons. The first-order valence-electron chi connectivity index (χ1n) is 16.8. The Labute approximate surface area is 300 Å². The molecule has 5 amide bonds. The van der Waals surface area contributed by atoms with Crippen LogP contribution >= 0.6 is 0 Å². The van der Waals surface area contributed by atoms with E-state index in [4.69, 9.17) is 14.2 Å². The summed E-state index contributed by atoms with van der Waals surface area (Å²) in [6, 6.07) is 7.23. The lowest BCUT2D eigenvalue weighted by Gasteiger charge is -2.28. The van der Waals surface area contributed by atoms with E-state index in [1.807, 2.05) is 0 Å². The fraction of sp³-hybridized carbons (Fsp3) is 0.457. The summed E-state index contributed by atoms with van der Waals surface area (Å²) >= 11 is 0. The predicted molar refractivity (Wildman–Crippen MR) is 185 cm³/mol. The van der Waals surface area contributed by atoms with Crippen LogP contribution in [0.4, 0.5) is 0 Å². The summed E-state index contributed by atoms with van der Waals surface area (Å²) in [5, 5.41) is 28.6. The van der Waals surface area contributed by atoms with Crippen molar-refractivity contribution in [3.8, 4) is 23.0 Å². The zero-order valence-corrected chi connectivity index (χ0v) is 30.0. The zero-order valence-electron chi connectivity index (χ0n) is 30.0. The summed E-state index contributed by atoms with van der Waals surface area (Å²) in [6.07, 6.45) is -0.576. The normalized spacial score (nSPS) is 18.9. The van der Waals surface area contributed by atoms with Crippen LogP contribution in [0.25, 0.3) is 0 Å². The topological polar surface area (TPSA) is 224 Å². The Morgan fingerprint density at radius 2 is 1.67 bits per heavy atom. The molecular weight excluding hydrogens is 678 g/mol. The standard InChI is InChI=1S/C35H45N7O10/c1-19(2)29-33(46)37-17-23-24(49-5)10-9-11-25(23)51-27-16-22(12-13-26(27)50-6)32(45)36-14-7-8-15-42(35(48)30-20(3)40-52-41-30)18-28(44)38-31(21(4)43)34(47)39-29/h9-13,16,19,21,29,31,43H,7-8,14-15,17-18H2,1-6H3,(H,36,45)(H,37,46)(H,38,44)(H,39,47)/t21-,29-,31+/m1/s1. The smallest absolute Gasteiger partial charge is 0.278 e. The molecule has 2 bridgehead atoms. The third-order valence-electron chi connectivity index (χ3n) is 8.34. The van der Waals surface area contributed by atoms with E-state index in [2.05, 4.69) is 36.2 Å². The number of aryl methyl sites for hydroxylation is 1. The molecule has 1 aliphatic heterocycles. The van der Waals surface area contributed by atoms with Gasteiger partial charge in [-0.2, -0.15) is 0 Å². The average molecular weight is 724 g/mol. The number of benzene rings is 2. The van der Waals surface area contributed by atoms with Gasteiger partial charge >= 0.3 is 0 Å². The number of nitrogens with one attached hydrogen (secondary N) is 4. The van der Waals surface area contributed by atoms with Gasteiger partial charge in [0.15, 0.2) is 17.2 Å². The highest BCUT2D eigenvalue weighted by Gasteiger charge is 2.33. The molecular formula is C35H45N7O10. The molecule has 0 aliphatic carbocycles. The molecule has 0 fully saturated rings. The average Bonchev–Trinajstić information content (AvgIpc) is 3.55. The molecule has 1 aliphatic rings. The van der Waals surface area contributed by atoms with Gasteiger partial charge in [-0.3, -0.25) is 24.0 Å². The molecule has 3 aromatic rings. The number of ether oxygens (including phenoxy) is 3. The Kier molecular flexibility index (Phi) is 13.5. The van der Waals surface area contributed by atoms with Crippen LogP contribution in [-0.2, 0) is 20.9 Å². The van der Waals surface area contributed by atoms with Crippen molar-refractivity contribution in [2.75, 3.05) is 33.9 Å². The van der Waals surface area contributed by atoms with Crippen LogP contribution < -0.4 is 35.5 Å². The molecule has 2 aromatic carbocycles. The van der Waals surface area contributed by atoms with Gasteiger partial charge in [-0.05, 0) is 68.1 Å². The minimum absolute atomic E-state index is 0.0684. The van der Waals surface area contributed by atoms with Gasteiger partial charge in [-0.1, -0.05) is 25.1 Å². The first-order chi connectivity index (χ1) is 24.8. The molecule has 4 rings (SSSR count). The Hall–Kier alpha value is -5.71. The minimum atomic E-state index is -1.47. The number of rotatable bonds is 5. The maximum Gasteiger partial charge on any atom is 0.278 e. The third kappa shape index (κ3) is 9.74. The highest BCUT2D eigenvalue weighted by atomic mass is 16.6. The monoisotopic (exact) mass is 723 g/mol. The molecule has 0 saturated carbocycles. The zero-order chi connectivity index (χ0) is 37.9. The lowest BCUT2D eigenvalue weighted by Crippen LogP contribution is -2.59. The summed E-state index contributed by atoms with van der Waals surface area (Å²) < 4.78 is 22.0. The fourth-order valence-corrected chi connectivity index (χ4v) is 5.44. The van der Waals surface area contributed by atoms with Crippen molar-refractivity contribution in [2.45, 2.75) is 65.3 Å². The molecule has 52 heavy (non-hydrogen) atoms. The van der Waals surface area contributed by atoms with E-state index in [-0.39, 0.29) is 48.2 Å². The molecule has 280 valence electrons. The van der Waals surface area contributed by atoms with E-state index >= 15 is 0 Å². The van der Waals surface area contributed by atoms with Gasteiger partial charge in [0.25, 0.3) is 11.8 Å². The van der Waals surface area contributed by atoms with Crippen LogP contribution in [0.2, 0.25) is 0 Å². The number of hydrogen-bond acceptors (Lipinski definition) is 12. The molecule has 3 atom stereocenters. The first-order valence-corrected chi connectivity index (χ1v) is 16.8. The number of nitrogens with zero attached hydrogens (tertiary/aromatic N) is 3. The molecule has 0 saturated heterocycles. The van der Waals surface area contributed by atoms with E-state index in [1.165, 1.54) is 39.0 Å². The van der Waals surface area contributed by atoms with Crippen LogP contribution in [0.3, 0.4) is 0 Å². The maximum atomic E-state index is 13.6. The van der Waals surface area contributed by atoms with Crippen molar-refractivity contribution in [1.29, 1.82) is 0 Å². The maximum absolute atomic E-state index is 13.6. The fourth-order valence-electron chi connectivity index (χ4n) is 5.44. The molecule has 5 N–H and O–H groups in total. The van der Waals surface area contributed by atoms with E-state index in [9.17, 15) is 29.1 Å². The number of amides is 5. The van der Waals surface area contributed by atoms with E-state index in [0.29, 0.717) is 35.7 Å². The second-order valence-electron chi connectivity index (χ2n) is 12.5.